The molecule has 6 heteroatoms. The van der Waals surface area contributed by atoms with Gasteiger partial charge in [-0.2, -0.15) is 11.8 Å². The molecule has 0 saturated carbocycles. The second-order valence-electron chi connectivity index (χ2n) is 3.97. The number of ether oxygens (including phenoxy) is 1. The SMILES string of the molecule is COc1ccc2nccc(NCCSCCCl)c2c1.Cl. The Morgan fingerprint density at radius 3 is 2.90 bits per heavy atom. The number of benzene rings is 1. The maximum Gasteiger partial charge on any atom is 0.119 e. The van der Waals surface area contributed by atoms with E-state index in [1.54, 1.807) is 7.11 Å². The molecule has 0 amide bonds. The summed E-state index contributed by atoms with van der Waals surface area (Å²) in [7, 11) is 1.67. The lowest BCUT2D eigenvalue weighted by molar-refractivity contribution is 0.415. The number of halogens is 2. The van der Waals surface area contributed by atoms with Gasteiger partial charge in [0.1, 0.15) is 5.75 Å². The predicted molar refractivity (Wildman–Crippen MR) is 92.1 cm³/mol. The Kier molecular flexibility index (Phi) is 7.88. The van der Waals surface area contributed by atoms with Crippen LogP contribution in [-0.4, -0.2) is 36.0 Å². The lowest BCUT2D eigenvalue weighted by Gasteiger charge is -2.10. The quantitative estimate of drug-likeness (QED) is 0.612. The van der Waals surface area contributed by atoms with Crippen molar-refractivity contribution in [1.82, 2.24) is 4.98 Å². The van der Waals surface area contributed by atoms with E-state index in [0.29, 0.717) is 5.88 Å². The number of thioether (sulfide) groups is 1. The molecule has 110 valence electrons. The minimum Gasteiger partial charge on any atom is -0.497 e. The zero-order valence-electron chi connectivity index (χ0n) is 11.3. The van der Waals surface area contributed by atoms with Crippen LogP contribution in [0.4, 0.5) is 5.69 Å². The molecule has 0 atom stereocenters. The van der Waals surface area contributed by atoms with E-state index in [1.807, 2.05) is 42.2 Å². The Morgan fingerprint density at radius 1 is 1.30 bits per heavy atom. The number of methoxy groups -OCH3 is 1. The van der Waals surface area contributed by atoms with E-state index in [0.717, 1.165) is 40.4 Å². The van der Waals surface area contributed by atoms with E-state index in [1.165, 1.54) is 0 Å². The predicted octanol–water partition coefficient (Wildman–Crippen LogP) is 4.05. The standard InChI is InChI=1S/C14H17ClN2OS.ClH/c1-18-11-2-3-13-12(10-11)14(4-6-16-13)17-7-9-19-8-5-15;/h2-4,6,10H,5,7-9H2,1H3,(H,16,17);1H. The molecular weight excluding hydrogens is 315 g/mol. The molecule has 0 saturated heterocycles. The molecule has 0 radical (unpaired) electrons. The highest BCUT2D eigenvalue weighted by molar-refractivity contribution is 7.99. The molecule has 0 bridgehead atoms. The zero-order valence-corrected chi connectivity index (χ0v) is 13.7. The summed E-state index contributed by atoms with van der Waals surface area (Å²) in [6.07, 6.45) is 1.82. The lowest BCUT2D eigenvalue weighted by atomic mass is 10.2. The fourth-order valence-corrected chi connectivity index (χ4v) is 2.71. The number of nitrogens with one attached hydrogen (secondary N) is 1. The molecule has 0 aliphatic heterocycles. The lowest BCUT2D eigenvalue weighted by Crippen LogP contribution is -2.05. The highest BCUT2D eigenvalue weighted by Gasteiger charge is 2.03. The number of pyridine rings is 1. The molecule has 1 N–H and O–H groups in total. The average Bonchev–Trinajstić information content (AvgIpc) is 2.46. The highest BCUT2D eigenvalue weighted by Crippen LogP contribution is 2.25. The third kappa shape index (κ3) is 4.62. The number of fused-ring (bicyclic) bond motifs is 1. The first-order valence-corrected chi connectivity index (χ1v) is 7.84. The summed E-state index contributed by atoms with van der Waals surface area (Å²) in [5.74, 6) is 3.59. The Balaban J connectivity index is 0.00000200. The number of nitrogens with zero attached hydrogens (tertiary/aromatic N) is 1. The molecule has 0 spiro atoms. The first kappa shape index (κ1) is 17.2. The summed E-state index contributed by atoms with van der Waals surface area (Å²) < 4.78 is 5.26. The van der Waals surface area contributed by atoms with E-state index in [9.17, 15) is 0 Å². The summed E-state index contributed by atoms with van der Waals surface area (Å²) in [4.78, 5) is 4.36. The van der Waals surface area contributed by atoms with Crippen LogP contribution < -0.4 is 10.1 Å². The van der Waals surface area contributed by atoms with Crippen LogP contribution in [0.5, 0.6) is 5.75 Å². The van der Waals surface area contributed by atoms with Gasteiger partial charge < -0.3 is 10.1 Å². The number of hydrogen-bond acceptors (Lipinski definition) is 4. The number of anilines is 1. The van der Waals surface area contributed by atoms with Gasteiger partial charge in [0.15, 0.2) is 0 Å². The third-order valence-electron chi connectivity index (χ3n) is 2.73. The zero-order chi connectivity index (χ0) is 13.5. The highest BCUT2D eigenvalue weighted by atomic mass is 35.5. The van der Waals surface area contributed by atoms with Gasteiger partial charge in [0, 0.05) is 41.2 Å². The molecule has 3 nitrogen and oxygen atoms in total. The van der Waals surface area contributed by atoms with Crippen LogP contribution in [0.25, 0.3) is 10.9 Å². The van der Waals surface area contributed by atoms with Crippen LogP contribution >= 0.6 is 35.8 Å². The molecule has 2 aromatic rings. The summed E-state index contributed by atoms with van der Waals surface area (Å²) in [6.45, 7) is 0.915. The second-order valence-corrected chi connectivity index (χ2v) is 5.57. The Hall–Kier alpha value is -0.840. The van der Waals surface area contributed by atoms with Crippen molar-refractivity contribution in [3.63, 3.8) is 0 Å². The van der Waals surface area contributed by atoms with Crippen molar-refractivity contribution in [2.24, 2.45) is 0 Å². The molecule has 20 heavy (non-hydrogen) atoms. The van der Waals surface area contributed by atoms with Gasteiger partial charge in [0.05, 0.1) is 12.6 Å². The summed E-state index contributed by atoms with van der Waals surface area (Å²) in [5, 5.41) is 4.53. The van der Waals surface area contributed by atoms with Crippen molar-refractivity contribution < 1.29 is 4.74 Å². The molecule has 1 aromatic heterocycles. The van der Waals surface area contributed by atoms with Gasteiger partial charge >= 0.3 is 0 Å². The van der Waals surface area contributed by atoms with Gasteiger partial charge in [-0.25, -0.2) is 0 Å². The topological polar surface area (TPSA) is 34.1 Å². The minimum atomic E-state index is 0. The Labute approximate surface area is 134 Å². The molecule has 0 aliphatic rings. The fraction of sp³-hybridized carbons (Fsp3) is 0.357. The number of aromatic nitrogens is 1. The first-order valence-electron chi connectivity index (χ1n) is 6.15. The van der Waals surface area contributed by atoms with Crippen LogP contribution in [0.2, 0.25) is 0 Å². The third-order valence-corrected chi connectivity index (χ3v) is 4.13. The maximum absolute atomic E-state index is 5.65. The van der Waals surface area contributed by atoms with Gasteiger partial charge in [-0.1, -0.05) is 0 Å². The molecule has 1 aromatic carbocycles. The fourth-order valence-electron chi connectivity index (χ4n) is 1.82. The van der Waals surface area contributed by atoms with E-state index in [2.05, 4.69) is 10.3 Å². The van der Waals surface area contributed by atoms with Gasteiger partial charge in [0.2, 0.25) is 0 Å². The molecule has 1 heterocycles. The largest absolute Gasteiger partial charge is 0.497 e. The Bertz CT molecular complexity index is 540. The van der Waals surface area contributed by atoms with E-state index in [4.69, 9.17) is 16.3 Å². The van der Waals surface area contributed by atoms with Crippen LogP contribution in [0.3, 0.4) is 0 Å². The van der Waals surface area contributed by atoms with Gasteiger partial charge in [-0.05, 0) is 24.3 Å². The van der Waals surface area contributed by atoms with Crippen LogP contribution in [0.1, 0.15) is 0 Å². The van der Waals surface area contributed by atoms with Crippen molar-refractivity contribution in [1.29, 1.82) is 0 Å². The van der Waals surface area contributed by atoms with E-state index >= 15 is 0 Å². The first-order chi connectivity index (χ1) is 9.35. The van der Waals surface area contributed by atoms with Gasteiger partial charge in [-0.15, -0.1) is 24.0 Å². The second kappa shape index (κ2) is 9.16. The molecule has 0 unspecified atom stereocenters. The summed E-state index contributed by atoms with van der Waals surface area (Å²) in [6, 6.07) is 7.90. The van der Waals surface area contributed by atoms with Gasteiger partial charge in [-0.3, -0.25) is 4.98 Å². The molecule has 0 fully saturated rings. The monoisotopic (exact) mass is 332 g/mol. The van der Waals surface area contributed by atoms with Crippen LogP contribution in [0.15, 0.2) is 30.5 Å². The van der Waals surface area contributed by atoms with Gasteiger partial charge in [0.25, 0.3) is 0 Å². The average molecular weight is 333 g/mol. The van der Waals surface area contributed by atoms with Crippen molar-refractivity contribution >= 4 is 52.4 Å². The normalized spacial score (nSPS) is 10.1. The number of hydrogen-bond donors (Lipinski definition) is 1. The van der Waals surface area contributed by atoms with Crippen molar-refractivity contribution in [2.45, 2.75) is 0 Å². The number of alkyl halides is 1. The smallest absolute Gasteiger partial charge is 0.119 e. The van der Waals surface area contributed by atoms with E-state index < -0.39 is 0 Å². The van der Waals surface area contributed by atoms with Crippen molar-refractivity contribution in [3.8, 4) is 5.75 Å². The minimum absolute atomic E-state index is 0. The maximum atomic E-state index is 5.65. The molecule has 0 aliphatic carbocycles. The summed E-state index contributed by atoms with van der Waals surface area (Å²) >= 11 is 7.50. The van der Waals surface area contributed by atoms with Crippen LogP contribution in [0, 0.1) is 0 Å². The molecule has 2 rings (SSSR count). The van der Waals surface area contributed by atoms with Crippen molar-refractivity contribution in [2.75, 3.05) is 36.4 Å². The summed E-state index contributed by atoms with van der Waals surface area (Å²) in [5.41, 5.74) is 2.06. The number of rotatable bonds is 7. The van der Waals surface area contributed by atoms with E-state index in [-0.39, 0.29) is 12.4 Å². The van der Waals surface area contributed by atoms with Crippen LogP contribution in [-0.2, 0) is 0 Å². The Morgan fingerprint density at radius 2 is 2.15 bits per heavy atom. The molecular formula is C14H18Cl2N2OS. The van der Waals surface area contributed by atoms with Crippen molar-refractivity contribution in [3.05, 3.63) is 30.5 Å².